The molecule has 0 N–H and O–H groups in total. The summed E-state index contributed by atoms with van der Waals surface area (Å²) in [6, 6.07) is 0. The summed E-state index contributed by atoms with van der Waals surface area (Å²) in [5, 5.41) is 0. The minimum absolute atomic E-state index is 0.841. The molecular formula is C12H18. The van der Waals surface area contributed by atoms with E-state index < -0.39 is 0 Å². The molecule has 2 aliphatic carbocycles. The fourth-order valence-corrected chi connectivity index (χ4v) is 2.67. The highest BCUT2D eigenvalue weighted by atomic mass is 14.4. The lowest BCUT2D eigenvalue weighted by Gasteiger charge is -2.20. The van der Waals surface area contributed by atoms with Gasteiger partial charge in [-0.25, -0.2) is 0 Å². The molecule has 1 fully saturated rings. The van der Waals surface area contributed by atoms with Gasteiger partial charge in [-0.2, -0.15) is 0 Å². The molecule has 0 aromatic heterocycles. The summed E-state index contributed by atoms with van der Waals surface area (Å²) >= 11 is 0. The highest BCUT2D eigenvalue weighted by Crippen LogP contribution is 2.43. The first-order chi connectivity index (χ1) is 5.79. The van der Waals surface area contributed by atoms with E-state index in [2.05, 4.69) is 32.1 Å². The van der Waals surface area contributed by atoms with Crippen LogP contribution < -0.4 is 0 Å². The van der Waals surface area contributed by atoms with Crippen LogP contribution in [0, 0.1) is 17.8 Å². The van der Waals surface area contributed by atoms with Crippen LogP contribution in [0.3, 0.4) is 0 Å². The normalized spacial score (nSPS) is 33.8. The summed E-state index contributed by atoms with van der Waals surface area (Å²) in [5.74, 6) is 2.63. The number of hydrogen-bond donors (Lipinski definition) is 0. The maximum atomic E-state index is 2.37. The zero-order chi connectivity index (χ0) is 8.55. The Labute approximate surface area is 75.4 Å². The van der Waals surface area contributed by atoms with Crippen molar-refractivity contribution in [3.63, 3.8) is 0 Å². The third-order valence-corrected chi connectivity index (χ3v) is 3.38. The molecule has 0 spiro atoms. The van der Waals surface area contributed by atoms with Gasteiger partial charge in [0.2, 0.25) is 0 Å². The third-order valence-electron chi connectivity index (χ3n) is 3.38. The van der Waals surface area contributed by atoms with Crippen molar-refractivity contribution in [2.75, 3.05) is 0 Å². The molecule has 2 rings (SSSR count). The SMILES string of the molecule is CC(C)C1CCC2CC=CC=C21. The molecule has 0 saturated heterocycles. The van der Waals surface area contributed by atoms with Crippen LogP contribution in [0.15, 0.2) is 23.8 Å². The first-order valence-corrected chi connectivity index (χ1v) is 5.15. The van der Waals surface area contributed by atoms with Gasteiger partial charge in [-0.3, -0.25) is 0 Å². The van der Waals surface area contributed by atoms with Crippen LogP contribution in [0.2, 0.25) is 0 Å². The van der Waals surface area contributed by atoms with Crippen molar-refractivity contribution in [1.29, 1.82) is 0 Å². The van der Waals surface area contributed by atoms with Crippen LogP contribution in [0.1, 0.15) is 33.1 Å². The van der Waals surface area contributed by atoms with Crippen molar-refractivity contribution >= 4 is 0 Å². The smallest absolute Gasteiger partial charge is 0.0162 e. The van der Waals surface area contributed by atoms with Gasteiger partial charge in [0, 0.05) is 0 Å². The van der Waals surface area contributed by atoms with Crippen LogP contribution in [0.5, 0.6) is 0 Å². The lowest BCUT2D eigenvalue weighted by atomic mass is 9.85. The van der Waals surface area contributed by atoms with Crippen LogP contribution >= 0.6 is 0 Å². The van der Waals surface area contributed by atoms with Gasteiger partial charge in [0.1, 0.15) is 0 Å². The van der Waals surface area contributed by atoms with Gasteiger partial charge < -0.3 is 0 Å². The predicted octanol–water partition coefficient (Wildman–Crippen LogP) is 3.55. The van der Waals surface area contributed by atoms with Crippen LogP contribution in [0.4, 0.5) is 0 Å². The number of fused-ring (bicyclic) bond motifs is 1. The maximum absolute atomic E-state index is 2.37. The first-order valence-electron chi connectivity index (χ1n) is 5.15. The van der Waals surface area contributed by atoms with E-state index in [4.69, 9.17) is 0 Å². The van der Waals surface area contributed by atoms with E-state index in [-0.39, 0.29) is 0 Å². The summed E-state index contributed by atoms with van der Waals surface area (Å²) < 4.78 is 0. The second-order valence-electron chi connectivity index (χ2n) is 4.46. The van der Waals surface area contributed by atoms with E-state index in [1.807, 2.05) is 0 Å². The summed E-state index contributed by atoms with van der Waals surface area (Å²) in [7, 11) is 0. The Morgan fingerprint density at radius 1 is 1.33 bits per heavy atom. The zero-order valence-electron chi connectivity index (χ0n) is 8.09. The molecule has 0 bridgehead atoms. The maximum Gasteiger partial charge on any atom is -0.0162 e. The quantitative estimate of drug-likeness (QED) is 0.553. The summed E-state index contributed by atoms with van der Waals surface area (Å²) in [5.41, 5.74) is 1.74. The monoisotopic (exact) mass is 162 g/mol. The second-order valence-corrected chi connectivity index (χ2v) is 4.46. The summed E-state index contributed by atoms with van der Waals surface area (Å²) in [4.78, 5) is 0. The molecule has 2 aliphatic rings. The van der Waals surface area contributed by atoms with E-state index in [0.717, 1.165) is 17.8 Å². The Morgan fingerprint density at radius 3 is 2.92 bits per heavy atom. The molecule has 0 radical (unpaired) electrons. The average molecular weight is 162 g/mol. The predicted molar refractivity (Wildman–Crippen MR) is 52.9 cm³/mol. The molecule has 0 aromatic rings. The summed E-state index contributed by atoms with van der Waals surface area (Å²) in [6.07, 6.45) is 11.1. The van der Waals surface area contributed by atoms with E-state index in [0.29, 0.717) is 0 Å². The van der Waals surface area contributed by atoms with Gasteiger partial charge in [0.25, 0.3) is 0 Å². The second kappa shape index (κ2) is 3.08. The molecule has 2 atom stereocenters. The van der Waals surface area contributed by atoms with Crippen LogP contribution in [0.25, 0.3) is 0 Å². The summed E-state index contributed by atoms with van der Waals surface area (Å²) in [6.45, 7) is 4.71. The Balaban J connectivity index is 2.19. The molecule has 66 valence electrons. The standard InChI is InChI=1S/C12H18/c1-9(2)11-8-7-10-5-3-4-6-12(10)11/h3-4,6,9-11H,5,7-8H2,1-2H3. The van der Waals surface area contributed by atoms with Gasteiger partial charge in [-0.1, -0.05) is 37.6 Å². The fraction of sp³-hybridized carbons (Fsp3) is 0.667. The van der Waals surface area contributed by atoms with Crippen molar-refractivity contribution in [2.24, 2.45) is 17.8 Å². The molecule has 1 saturated carbocycles. The van der Waals surface area contributed by atoms with Gasteiger partial charge >= 0.3 is 0 Å². The van der Waals surface area contributed by atoms with E-state index in [9.17, 15) is 0 Å². The molecule has 0 aliphatic heterocycles. The lowest BCUT2D eigenvalue weighted by molar-refractivity contribution is 0.452. The number of allylic oxidation sites excluding steroid dienone is 4. The van der Waals surface area contributed by atoms with Crippen molar-refractivity contribution in [3.8, 4) is 0 Å². The van der Waals surface area contributed by atoms with Gasteiger partial charge in [-0.15, -0.1) is 0 Å². The number of hydrogen-bond acceptors (Lipinski definition) is 0. The minimum atomic E-state index is 0.841. The zero-order valence-corrected chi connectivity index (χ0v) is 8.09. The topological polar surface area (TPSA) is 0 Å². The van der Waals surface area contributed by atoms with E-state index in [1.165, 1.54) is 19.3 Å². The van der Waals surface area contributed by atoms with Gasteiger partial charge in [0.05, 0.1) is 0 Å². The van der Waals surface area contributed by atoms with Gasteiger partial charge in [0.15, 0.2) is 0 Å². The van der Waals surface area contributed by atoms with Crippen molar-refractivity contribution in [2.45, 2.75) is 33.1 Å². The molecule has 2 unspecified atom stereocenters. The lowest BCUT2D eigenvalue weighted by Crippen LogP contribution is -2.09. The van der Waals surface area contributed by atoms with Crippen LogP contribution in [-0.4, -0.2) is 0 Å². The molecule has 0 amide bonds. The fourth-order valence-electron chi connectivity index (χ4n) is 2.67. The third kappa shape index (κ3) is 1.24. The highest BCUT2D eigenvalue weighted by Gasteiger charge is 2.31. The average Bonchev–Trinajstić information content (AvgIpc) is 2.47. The van der Waals surface area contributed by atoms with Crippen LogP contribution in [-0.2, 0) is 0 Å². The molecule has 0 heteroatoms. The van der Waals surface area contributed by atoms with Crippen molar-refractivity contribution in [1.82, 2.24) is 0 Å². The highest BCUT2D eigenvalue weighted by molar-refractivity contribution is 5.26. The molecular weight excluding hydrogens is 144 g/mol. The molecule has 12 heavy (non-hydrogen) atoms. The van der Waals surface area contributed by atoms with Crippen molar-refractivity contribution in [3.05, 3.63) is 23.8 Å². The number of rotatable bonds is 1. The Morgan fingerprint density at radius 2 is 2.17 bits per heavy atom. The largest absolute Gasteiger partial charge is 0.0839 e. The Hall–Kier alpha value is -0.520. The minimum Gasteiger partial charge on any atom is -0.0839 e. The van der Waals surface area contributed by atoms with Gasteiger partial charge in [-0.05, 0) is 37.0 Å². The molecule has 0 aromatic carbocycles. The molecule has 0 heterocycles. The molecule has 0 nitrogen and oxygen atoms in total. The van der Waals surface area contributed by atoms with E-state index >= 15 is 0 Å². The first kappa shape index (κ1) is 8.10. The Kier molecular flexibility index (Phi) is 2.08. The van der Waals surface area contributed by atoms with Crippen molar-refractivity contribution < 1.29 is 0 Å². The Bertz CT molecular complexity index is 220. The van der Waals surface area contributed by atoms with E-state index in [1.54, 1.807) is 5.57 Å².